The Labute approximate surface area is 42.8 Å². The predicted octanol–water partition coefficient (Wildman–Crippen LogP) is 2.15. The lowest BCUT2D eigenvalue weighted by Crippen LogP contribution is -1.64. The summed E-state index contributed by atoms with van der Waals surface area (Å²) in [4.78, 5) is 0. The Morgan fingerprint density at radius 2 is 2.17 bits per heavy atom. The van der Waals surface area contributed by atoms with Gasteiger partial charge in [-0.25, -0.2) is 0 Å². The van der Waals surface area contributed by atoms with E-state index in [0.29, 0.717) is 5.92 Å². The van der Waals surface area contributed by atoms with Crippen LogP contribution in [0.15, 0.2) is 11.6 Å². The van der Waals surface area contributed by atoms with Crippen LogP contribution in [0.2, 0.25) is 0 Å². The Morgan fingerprint density at radius 3 is 2.17 bits per heavy atom. The Bertz CT molecular complexity index is 72.0. The van der Waals surface area contributed by atoms with Gasteiger partial charge in [0.1, 0.15) is 0 Å². The van der Waals surface area contributed by atoms with Crippen LogP contribution in [-0.2, 0) is 0 Å². The molecule has 0 nitrogen and oxygen atoms in total. The fourth-order valence-electron chi connectivity index (χ4n) is 0.397. The van der Waals surface area contributed by atoms with Gasteiger partial charge in [0.25, 0.3) is 0 Å². The van der Waals surface area contributed by atoms with E-state index in [2.05, 4.69) is 6.58 Å². The number of rotatable bonds is 1. The molecule has 1 aliphatic carbocycles. The van der Waals surface area contributed by atoms with Crippen LogP contribution in [0.1, 0.15) is 12.8 Å². The van der Waals surface area contributed by atoms with Crippen LogP contribution in [0.3, 0.4) is 0 Å². The van der Waals surface area contributed by atoms with Crippen LogP contribution in [0, 0.1) is 5.92 Å². The lowest BCUT2D eigenvalue weighted by molar-refractivity contribution is 1.10. The smallest absolute Gasteiger partial charge is 0.0140 e. The van der Waals surface area contributed by atoms with Crippen molar-refractivity contribution in [3.8, 4) is 0 Å². The minimum atomic E-state index is 0.673. The molecule has 0 radical (unpaired) electrons. The molecule has 1 heteroatoms. The summed E-state index contributed by atoms with van der Waals surface area (Å²) in [5, 5.41) is 0.843. The number of hydrogen-bond acceptors (Lipinski definition) is 0. The maximum absolute atomic E-state index is 5.48. The molecule has 34 valence electrons. The van der Waals surface area contributed by atoms with E-state index in [-0.39, 0.29) is 0 Å². The van der Waals surface area contributed by atoms with Gasteiger partial charge in [-0.15, -0.1) is 0 Å². The fourth-order valence-corrected chi connectivity index (χ4v) is 0.615. The standard InChI is InChI=1S/C5H7Cl/c1-4(6)5-2-3-5/h5H,1-3H2. The van der Waals surface area contributed by atoms with E-state index in [1.54, 1.807) is 0 Å². The van der Waals surface area contributed by atoms with Crippen molar-refractivity contribution in [3.63, 3.8) is 0 Å². The van der Waals surface area contributed by atoms with E-state index in [1.165, 1.54) is 12.8 Å². The molecule has 0 saturated heterocycles. The summed E-state index contributed by atoms with van der Waals surface area (Å²) >= 11 is 5.48. The summed E-state index contributed by atoms with van der Waals surface area (Å²) in [6, 6.07) is 0. The van der Waals surface area contributed by atoms with Crippen molar-refractivity contribution < 1.29 is 0 Å². The van der Waals surface area contributed by atoms with Crippen molar-refractivity contribution in [2.75, 3.05) is 0 Å². The normalized spacial score (nSPS) is 20.8. The maximum atomic E-state index is 5.48. The highest BCUT2D eigenvalue weighted by molar-refractivity contribution is 6.29. The molecule has 1 aliphatic rings. The van der Waals surface area contributed by atoms with Gasteiger partial charge in [0.15, 0.2) is 0 Å². The monoisotopic (exact) mass is 102 g/mol. The Balaban J connectivity index is 2.31. The van der Waals surface area contributed by atoms with Gasteiger partial charge in [-0.1, -0.05) is 18.2 Å². The molecular formula is C5H7Cl. The van der Waals surface area contributed by atoms with Gasteiger partial charge in [-0.05, 0) is 18.8 Å². The zero-order chi connectivity index (χ0) is 4.57. The van der Waals surface area contributed by atoms with Crippen molar-refractivity contribution >= 4 is 11.6 Å². The third-order valence-electron chi connectivity index (χ3n) is 1.02. The van der Waals surface area contributed by atoms with Gasteiger partial charge >= 0.3 is 0 Å². The SMILES string of the molecule is C=C(Cl)C1CC1. The second-order valence-corrected chi connectivity index (χ2v) is 2.21. The molecule has 1 rings (SSSR count). The largest absolute Gasteiger partial charge is 0.0895 e. The molecule has 0 aromatic carbocycles. The second kappa shape index (κ2) is 1.27. The first kappa shape index (κ1) is 4.20. The molecule has 0 N–H and O–H groups in total. The topological polar surface area (TPSA) is 0 Å². The van der Waals surface area contributed by atoms with Crippen LogP contribution in [0.25, 0.3) is 0 Å². The maximum Gasteiger partial charge on any atom is 0.0140 e. The second-order valence-electron chi connectivity index (χ2n) is 1.72. The molecule has 0 amide bonds. The molecular weight excluding hydrogens is 95.5 g/mol. The van der Waals surface area contributed by atoms with Crippen molar-refractivity contribution in [3.05, 3.63) is 11.6 Å². The third kappa shape index (κ3) is 0.749. The third-order valence-corrected chi connectivity index (χ3v) is 1.33. The van der Waals surface area contributed by atoms with E-state index >= 15 is 0 Å². The highest BCUT2D eigenvalue weighted by Gasteiger charge is 2.22. The fraction of sp³-hybridized carbons (Fsp3) is 0.600. The Hall–Kier alpha value is 0.0300. The van der Waals surface area contributed by atoms with Crippen LogP contribution >= 0.6 is 11.6 Å². The van der Waals surface area contributed by atoms with Gasteiger partial charge in [-0.2, -0.15) is 0 Å². The Morgan fingerprint density at radius 1 is 1.67 bits per heavy atom. The first-order valence-electron chi connectivity index (χ1n) is 2.15. The summed E-state index contributed by atoms with van der Waals surface area (Å²) in [7, 11) is 0. The number of halogens is 1. The predicted molar refractivity (Wildman–Crippen MR) is 27.7 cm³/mol. The lowest BCUT2D eigenvalue weighted by Gasteiger charge is -1.80. The van der Waals surface area contributed by atoms with Crippen molar-refractivity contribution in [2.24, 2.45) is 5.92 Å². The zero-order valence-corrected chi connectivity index (χ0v) is 4.33. The van der Waals surface area contributed by atoms with Crippen molar-refractivity contribution in [1.82, 2.24) is 0 Å². The van der Waals surface area contributed by atoms with Crippen molar-refractivity contribution in [2.45, 2.75) is 12.8 Å². The summed E-state index contributed by atoms with van der Waals surface area (Å²) in [5.74, 6) is 0.673. The van der Waals surface area contributed by atoms with E-state index in [4.69, 9.17) is 11.6 Å². The minimum absolute atomic E-state index is 0.673. The molecule has 0 aromatic rings. The summed E-state index contributed by atoms with van der Waals surface area (Å²) in [5.41, 5.74) is 0. The van der Waals surface area contributed by atoms with Gasteiger partial charge in [0.2, 0.25) is 0 Å². The van der Waals surface area contributed by atoms with Gasteiger partial charge in [-0.3, -0.25) is 0 Å². The molecule has 1 fully saturated rings. The van der Waals surface area contributed by atoms with E-state index < -0.39 is 0 Å². The van der Waals surface area contributed by atoms with Gasteiger partial charge < -0.3 is 0 Å². The molecule has 0 heterocycles. The van der Waals surface area contributed by atoms with Crippen LogP contribution in [0.4, 0.5) is 0 Å². The molecule has 0 bridgehead atoms. The number of hydrogen-bond donors (Lipinski definition) is 0. The summed E-state index contributed by atoms with van der Waals surface area (Å²) in [6.07, 6.45) is 2.53. The molecule has 0 unspecified atom stereocenters. The summed E-state index contributed by atoms with van der Waals surface area (Å²) < 4.78 is 0. The van der Waals surface area contributed by atoms with E-state index in [0.717, 1.165) is 5.03 Å². The first-order valence-corrected chi connectivity index (χ1v) is 2.53. The highest BCUT2D eigenvalue weighted by Crippen LogP contribution is 2.37. The van der Waals surface area contributed by atoms with Gasteiger partial charge in [0, 0.05) is 5.03 Å². The van der Waals surface area contributed by atoms with E-state index in [9.17, 15) is 0 Å². The summed E-state index contributed by atoms with van der Waals surface area (Å²) in [6.45, 7) is 3.58. The van der Waals surface area contributed by atoms with Crippen LogP contribution in [-0.4, -0.2) is 0 Å². The molecule has 0 aliphatic heterocycles. The van der Waals surface area contributed by atoms with Gasteiger partial charge in [0.05, 0.1) is 0 Å². The quantitative estimate of drug-likeness (QED) is 0.476. The highest BCUT2D eigenvalue weighted by atomic mass is 35.5. The Kier molecular flexibility index (Phi) is 0.886. The lowest BCUT2D eigenvalue weighted by atomic mass is 10.4. The average molecular weight is 103 g/mol. The number of allylic oxidation sites excluding steroid dienone is 1. The molecule has 1 saturated carbocycles. The minimum Gasteiger partial charge on any atom is -0.0895 e. The van der Waals surface area contributed by atoms with Crippen molar-refractivity contribution in [1.29, 1.82) is 0 Å². The van der Waals surface area contributed by atoms with E-state index in [1.807, 2.05) is 0 Å². The molecule has 6 heavy (non-hydrogen) atoms. The average Bonchev–Trinajstić information content (AvgIpc) is 2.06. The molecule has 0 atom stereocenters. The van der Waals surface area contributed by atoms with Crippen LogP contribution in [0.5, 0.6) is 0 Å². The molecule has 0 spiro atoms. The zero-order valence-electron chi connectivity index (χ0n) is 3.58. The first-order chi connectivity index (χ1) is 2.80. The molecule has 0 aromatic heterocycles. The van der Waals surface area contributed by atoms with Crippen LogP contribution < -0.4 is 0 Å².